The lowest BCUT2D eigenvalue weighted by molar-refractivity contribution is -0.137. The van der Waals surface area contributed by atoms with Crippen molar-refractivity contribution in [3.8, 4) is 0 Å². The molecule has 0 fully saturated rings. The van der Waals surface area contributed by atoms with Gasteiger partial charge in [0.2, 0.25) is 0 Å². The fourth-order valence-electron chi connectivity index (χ4n) is 1.18. The Morgan fingerprint density at radius 3 is 1.29 bits per heavy atom. The van der Waals surface area contributed by atoms with Gasteiger partial charge in [-0.25, -0.2) is 4.79 Å². The Morgan fingerprint density at radius 1 is 0.786 bits per heavy atom. The van der Waals surface area contributed by atoms with Gasteiger partial charge < -0.3 is 30.6 Å². The smallest absolute Gasteiger partial charge is 0.330 e. The first-order chi connectivity index (χ1) is 13.1. The van der Waals surface area contributed by atoms with Crippen molar-refractivity contribution in [1.82, 2.24) is 0 Å². The quantitative estimate of drug-likeness (QED) is 0.224. The molecule has 0 aromatic rings. The molecular formula is C20H42O8. The van der Waals surface area contributed by atoms with Crippen molar-refractivity contribution in [1.29, 1.82) is 0 Å². The predicted octanol–water partition coefficient (Wildman–Crippen LogP) is 2.44. The summed E-state index contributed by atoms with van der Waals surface area (Å²) in [6.07, 6.45) is 7.13. The van der Waals surface area contributed by atoms with Crippen LogP contribution in [-0.4, -0.2) is 69.0 Å². The summed E-state index contributed by atoms with van der Waals surface area (Å²) in [6.45, 7) is 9.38. The van der Waals surface area contributed by atoms with Gasteiger partial charge in [-0.05, 0) is 13.3 Å². The zero-order valence-corrected chi connectivity index (χ0v) is 18.0. The summed E-state index contributed by atoms with van der Waals surface area (Å²) in [7, 11) is 0. The minimum atomic E-state index is -1.11. The van der Waals surface area contributed by atoms with Gasteiger partial charge in [0.1, 0.15) is 0 Å². The summed E-state index contributed by atoms with van der Waals surface area (Å²) in [5.74, 6) is -1.61. The van der Waals surface area contributed by atoms with Crippen LogP contribution in [-0.2, 0) is 9.59 Å². The number of aliphatic carboxylic acids is 2. The number of hydrogen-bond donors (Lipinski definition) is 6. The van der Waals surface area contributed by atoms with Crippen LogP contribution in [0.2, 0.25) is 0 Å². The Balaban J connectivity index is -0.000000147. The molecule has 0 saturated carbocycles. The van der Waals surface area contributed by atoms with Crippen molar-refractivity contribution in [2.24, 2.45) is 5.41 Å². The van der Waals surface area contributed by atoms with Crippen LogP contribution in [0.3, 0.4) is 0 Å². The van der Waals surface area contributed by atoms with Crippen molar-refractivity contribution in [3.05, 3.63) is 12.2 Å². The van der Waals surface area contributed by atoms with E-state index in [0.29, 0.717) is 6.42 Å². The van der Waals surface area contributed by atoms with E-state index in [9.17, 15) is 9.59 Å². The minimum absolute atomic E-state index is 0.176. The van der Waals surface area contributed by atoms with Gasteiger partial charge in [0.05, 0.1) is 31.8 Å². The second-order valence-corrected chi connectivity index (χ2v) is 6.48. The average Bonchev–Trinajstić information content (AvgIpc) is 2.65. The molecule has 0 atom stereocenters. The molecule has 28 heavy (non-hydrogen) atoms. The van der Waals surface area contributed by atoms with Crippen LogP contribution >= 0.6 is 0 Å². The Morgan fingerprint density at radius 2 is 1.11 bits per heavy atom. The van der Waals surface area contributed by atoms with Crippen molar-refractivity contribution < 1.29 is 40.2 Å². The van der Waals surface area contributed by atoms with E-state index in [1.165, 1.54) is 32.6 Å². The Bertz CT molecular complexity index is 336. The van der Waals surface area contributed by atoms with Crippen LogP contribution in [0.5, 0.6) is 0 Å². The average molecular weight is 411 g/mol. The molecule has 0 unspecified atom stereocenters. The summed E-state index contributed by atoms with van der Waals surface area (Å²) < 4.78 is 0. The summed E-state index contributed by atoms with van der Waals surface area (Å²) in [5, 5.41) is 50.1. The molecule has 0 saturated heterocycles. The highest BCUT2D eigenvalue weighted by Crippen LogP contribution is 2.11. The molecule has 0 radical (unpaired) electrons. The molecule has 0 heterocycles. The van der Waals surface area contributed by atoms with E-state index in [1.54, 1.807) is 0 Å². The van der Waals surface area contributed by atoms with Gasteiger partial charge in [-0.3, -0.25) is 4.79 Å². The van der Waals surface area contributed by atoms with E-state index in [0.717, 1.165) is 12.8 Å². The van der Waals surface area contributed by atoms with Gasteiger partial charge in [-0.2, -0.15) is 0 Å². The molecule has 0 aliphatic rings. The van der Waals surface area contributed by atoms with Gasteiger partial charge in [-0.1, -0.05) is 59.5 Å². The van der Waals surface area contributed by atoms with Gasteiger partial charge in [-0.15, -0.1) is 0 Å². The number of unbranched alkanes of at least 4 members (excludes halogenated alkanes) is 4. The summed E-state index contributed by atoms with van der Waals surface area (Å²) in [6, 6.07) is 0. The fourth-order valence-corrected chi connectivity index (χ4v) is 1.18. The highest BCUT2D eigenvalue weighted by molar-refractivity contribution is 5.84. The molecule has 0 aromatic heterocycles. The minimum Gasteiger partial charge on any atom is -0.481 e. The van der Waals surface area contributed by atoms with Crippen LogP contribution in [0, 0.1) is 5.41 Å². The lowest BCUT2D eigenvalue weighted by atomic mass is 9.93. The second-order valence-electron chi connectivity index (χ2n) is 6.48. The van der Waals surface area contributed by atoms with Gasteiger partial charge >= 0.3 is 11.9 Å². The number of aliphatic hydroxyl groups excluding tert-OH is 4. The zero-order valence-electron chi connectivity index (χ0n) is 18.0. The monoisotopic (exact) mass is 410 g/mol. The van der Waals surface area contributed by atoms with Gasteiger partial charge in [0.25, 0.3) is 0 Å². The van der Waals surface area contributed by atoms with Crippen LogP contribution < -0.4 is 0 Å². The molecule has 0 spiro atoms. The molecule has 8 heteroatoms. The van der Waals surface area contributed by atoms with Crippen LogP contribution in [0.15, 0.2) is 12.2 Å². The van der Waals surface area contributed by atoms with Crippen molar-refractivity contribution in [3.63, 3.8) is 0 Å². The van der Waals surface area contributed by atoms with Crippen molar-refractivity contribution >= 4 is 11.9 Å². The van der Waals surface area contributed by atoms with Crippen LogP contribution in [0.1, 0.15) is 72.6 Å². The molecule has 0 aromatic carbocycles. The topological polar surface area (TPSA) is 156 Å². The summed E-state index contributed by atoms with van der Waals surface area (Å²) in [4.78, 5) is 19.6. The molecule has 170 valence electrons. The van der Waals surface area contributed by atoms with E-state index in [1.807, 2.05) is 0 Å². The fraction of sp³-hybridized carbons (Fsp3) is 0.800. The Kier molecular flexibility index (Phi) is 31.0. The van der Waals surface area contributed by atoms with Crippen LogP contribution in [0.25, 0.3) is 0 Å². The molecule has 0 bridgehead atoms. The lowest BCUT2D eigenvalue weighted by Gasteiger charge is -2.23. The number of carbonyl (C=O) groups is 2. The second kappa shape index (κ2) is 25.5. The maximum Gasteiger partial charge on any atom is 0.330 e. The molecule has 0 aliphatic heterocycles. The van der Waals surface area contributed by atoms with Crippen LogP contribution in [0.4, 0.5) is 0 Å². The lowest BCUT2D eigenvalue weighted by Crippen LogP contribution is -2.37. The standard InChI is InChI=1S/C8H16O2.C5H12O4.C4H6O2.C3H8/c1-2-3-4-5-6-7-8(9)10;6-1-5(2-7,3-8)4-9;1-3(2)4(5)6;1-3-2/h2-7H2,1H3,(H,9,10);6-9H,1-4H2;1H2,2H3,(H,5,6);3H2,1-2H3. The Labute approximate surface area is 169 Å². The Hall–Kier alpha value is -1.48. The van der Waals surface area contributed by atoms with Crippen molar-refractivity contribution in [2.75, 3.05) is 26.4 Å². The third-order valence-corrected chi connectivity index (χ3v) is 3.20. The number of aliphatic hydroxyl groups is 4. The summed E-state index contributed by atoms with van der Waals surface area (Å²) in [5.41, 5.74) is -0.935. The van der Waals surface area contributed by atoms with E-state index in [-0.39, 0.29) is 5.57 Å². The number of rotatable bonds is 11. The van der Waals surface area contributed by atoms with Crippen molar-refractivity contribution in [2.45, 2.75) is 72.6 Å². The summed E-state index contributed by atoms with van der Waals surface area (Å²) >= 11 is 0. The molecule has 6 N–H and O–H groups in total. The number of hydrogen-bond acceptors (Lipinski definition) is 6. The molecular weight excluding hydrogens is 368 g/mol. The first kappa shape index (κ1) is 34.1. The third kappa shape index (κ3) is 29.3. The molecule has 0 rings (SSSR count). The SMILES string of the molecule is C=C(C)C(=O)O.CCC.CCCCCCCC(=O)O.OCC(CO)(CO)CO. The molecule has 0 aliphatic carbocycles. The number of carboxylic acids is 2. The maximum atomic E-state index is 10.0. The highest BCUT2D eigenvalue weighted by atomic mass is 16.4. The van der Waals surface area contributed by atoms with Gasteiger partial charge in [0, 0.05) is 12.0 Å². The first-order valence-corrected chi connectivity index (χ1v) is 9.61. The maximum absolute atomic E-state index is 10.0. The largest absolute Gasteiger partial charge is 0.481 e. The third-order valence-electron chi connectivity index (χ3n) is 3.20. The van der Waals surface area contributed by atoms with E-state index in [4.69, 9.17) is 30.6 Å². The first-order valence-electron chi connectivity index (χ1n) is 9.61. The van der Waals surface area contributed by atoms with E-state index >= 15 is 0 Å². The molecule has 0 amide bonds. The zero-order chi connectivity index (χ0) is 23.0. The number of carboxylic acid groups (broad SMARTS) is 2. The predicted molar refractivity (Wildman–Crippen MR) is 110 cm³/mol. The van der Waals surface area contributed by atoms with Gasteiger partial charge in [0.15, 0.2) is 0 Å². The highest BCUT2D eigenvalue weighted by Gasteiger charge is 2.26. The van der Waals surface area contributed by atoms with E-state index in [2.05, 4.69) is 27.4 Å². The van der Waals surface area contributed by atoms with E-state index < -0.39 is 43.8 Å². The molecule has 8 nitrogen and oxygen atoms in total. The normalized spacial score (nSPS) is 9.57.